The van der Waals surface area contributed by atoms with E-state index in [9.17, 15) is 14.4 Å². The molecule has 0 unspecified atom stereocenters. The lowest BCUT2D eigenvalue weighted by Crippen LogP contribution is -2.13. The zero-order valence-electron chi connectivity index (χ0n) is 17.6. The molecule has 31 heavy (non-hydrogen) atoms. The number of esters is 1. The van der Waals surface area contributed by atoms with Crippen molar-refractivity contribution < 1.29 is 19.1 Å². The Morgan fingerprint density at radius 1 is 1.00 bits per heavy atom. The number of nitrogens with zero attached hydrogens (tertiary/aromatic N) is 2. The third-order valence-electron chi connectivity index (χ3n) is 4.80. The quantitative estimate of drug-likeness (QED) is 0.359. The number of aromatic nitrogens is 2. The van der Waals surface area contributed by atoms with Gasteiger partial charge in [0.2, 0.25) is 0 Å². The Morgan fingerprint density at radius 2 is 1.68 bits per heavy atom. The van der Waals surface area contributed by atoms with Crippen LogP contribution >= 0.6 is 0 Å². The summed E-state index contributed by atoms with van der Waals surface area (Å²) < 4.78 is 6.78. The van der Waals surface area contributed by atoms with Crippen molar-refractivity contribution in [1.29, 1.82) is 0 Å². The number of hydrogen-bond acceptors (Lipinski definition) is 5. The molecule has 0 fully saturated rings. The van der Waals surface area contributed by atoms with Crippen molar-refractivity contribution in [3.8, 4) is 0 Å². The monoisotopic (exact) mass is 417 g/mol. The molecular formula is C24H23N3O4. The highest BCUT2D eigenvalue weighted by Crippen LogP contribution is 2.14. The maximum atomic E-state index is 12.3. The van der Waals surface area contributed by atoms with Crippen molar-refractivity contribution in [3.63, 3.8) is 0 Å². The summed E-state index contributed by atoms with van der Waals surface area (Å²) in [7, 11) is 1.83. The maximum Gasteiger partial charge on any atom is 0.331 e. The number of benzene rings is 2. The Hall–Kier alpha value is -4.00. The molecule has 0 atom stereocenters. The molecule has 0 aliphatic carbocycles. The molecular weight excluding hydrogens is 394 g/mol. The number of Topliss-reactive ketones (excluding diaryl/α,β-unsaturated/α-hetero) is 1. The molecule has 7 heteroatoms. The van der Waals surface area contributed by atoms with Crippen molar-refractivity contribution in [2.24, 2.45) is 7.05 Å². The van der Waals surface area contributed by atoms with Crippen LogP contribution in [0, 0.1) is 13.8 Å². The van der Waals surface area contributed by atoms with Crippen LogP contribution in [-0.4, -0.2) is 34.0 Å². The van der Waals surface area contributed by atoms with Crippen LogP contribution in [0.5, 0.6) is 0 Å². The molecule has 0 aliphatic rings. The van der Waals surface area contributed by atoms with Gasteiger partial charge in [0.25, 0.3) is 5.91 Å². The molecule has 3 aromatic rings. The molecule has 0 aliphatic heterocycles. The first-order chi connectivity index (χ1) is 14.8. The van der Waals surface area contributed by atoms with Crippen LogP contribution in [0.1, 0.15) is 37.7 Å². The molecule has 1 N–H and O–H groups in total. The number of nitrogens with one attached hydrogen (secondary N) is 1. The zero-order chi connectivity index (χ0) is 22.4. The Morgan fingerprint density at radius 3 is 2.29 bits per heavy atom. The van der Waals surface area contributed by atoms with E-state index in [1.54, 1.807) is 59.3 Å². The molecule has 1 heterocycles. The molecule has 3 rings (SSSR count). The number of rotatable bonds is 7. The van der Waals surface area contributed by atoms with Crippen LogP contribution in [0.15, 0.2) is 60.7 Å². The van der Waals surface area contributed by atoms with Crippen LogP contribution in [-0.2, 0) is 16.6 Å². The van der Waals surface area contributed by atoms with Gasteiger partial charge in [-0.1, -0.05) is 18.2 Å². The number of ether oxygens (including phenoxy) is 1. The second kappa shape index (κ2) is 9.67. The molecule has 0 spiro atoms. The second-order valence-electron chi connectivity index (χ2n) is 6.97. The maximum absolute atomic E-state index is 12.3. The fraction of sp³-hybridized carbons (Fsp3) is 0.167. The van der Waals surface area contributed by atoms with Gasteiger partial charge in [-0.25, -0.2) is 4.79 Å². The van der Waals surface area contributed by atoms with Crippen LogP contribution in [0.4, 0.5) is 5.69 Å². The van der Waals surface area contributed by atoms with Crippen molar-refractivity contribution in [1.82, 2.24) is 9.78 Å². The zero-order valence-corrected chi connectivity index (χ0v) is 17.6. The van der Waals surface area contributed by atoms with Crippen LogP contribution in [0.25, 0.3) is 6.08 Å². The highest BCUT2D eigenvalue weighted by molar-refractivity contribution is 6.04. The van der Waals surface area contributed by atoms with E-state index in [4.69, 9.17) is 4.74 Å². The van der Waals surface area contributed by atoms with Gasteiger partial charge in [0.1, 0.15) is 0 Å². The van der Waals surface area contributed by atoms with Crippen molar-refractivity contribution in [2.45, 2.75) is 13.8 Å². The Balaban J connectivity index is 1.53. The first-order valence-corrected chi connectivity index (χ1v) is 9.70. The lowest BCUT2D eigenvalue weighted by Gasteiger charge is -2.06. The summed E-state index contributed by atoms with van der Waals surface area (Å²) in [5, 5.41) is 7.04. The number of ketones is 1. The van der Waals surface area contributed by atoms with Gasteiger partial charge in [0.15, 0.2) is 12.4 Å². The molecule has 1 amide bonds. The van der Waals surface area contributed by atoms with Gasteiger partial charge in [-0.15, -0.1) is 0 Å². The van der Waals surface area contributed by atoms with E-state index in [1.165, 1.54) is 6.08 Å². The van der Waals surface area contributed by atoms with Crippen LogP contribution < -0.4 is 5.32 Å². The predicted molar refractivity (Wildman–Crippen MR) is 118 cm³/mol. The molecule has 0 radical (unpaired) electrons. The summed E-state index contributed by atoms with van der Waals surface area (Å²) in [6.45, 7) is 3.39. The Labute approximate surface area is 180 Å². The average molecular weight is 417 g/mol. The molecule has 0 saturated heterocycles. The largest absolute Gasteiger partial charge is 0.454 e. The summed E-state index contributed by atoms with van der Waals surface area (Å²) in [5.74, 6) is -1.18. The molecule has 0 bridgehead atoms. The van der Waals surface area contributed by atoms with Gasteiger partial charge >= 0.3 is 5.97 Å². The first-order valence-electron chi connectivity index (χ1n) is 9.70. The number of carbonyl (C=O) groups is 3. The predicted octanol–water partition coefficient (Wildman–Crippen LogP) is 3.73. The molecule has 158 valence electrons. The van der Waals surface area contributed by atoms with Gasteiger partial charge in [-0.3, -0.25) is 14.3 Å². The topological polar surface area (TPSA) is 90.3 Å². The van der Waals surface area contributed by atoms with Gasteiger partial charge in [0, 0.05) is 41.2 Å². The van der Waals surface area contributed by atoms with Gasteiger partial charge in [-0.2, -0.15) is 5.10 Å². The number of aryl methyl sites for hydroxylation is 2. The summed E-state index contributed by atoms with van der Waals surface area (Å²) in [4.78, 5) is 36.4. The molecule has 1 aromatic heterocycles. The Kier molecular flexibility index (Phi) is 6.77. The third kappa shape index (κ3) is 5.54. The minimum absolute atomic E-state index is 0.237. The van der Waals surface area contributed by atoms with Gasteiger partial charge < -0.3 is 10.1 Å². The molecule has 0 saturated carbocycles. The highest BCUT2D eigenvalue weighted by Gasteiger charge is 2.11. The molecule has 7 nitrogen and oxygen atoms in total. The fourth-order valence-corrected chi connectivity index (χ4v) is 2.98. The normalized spacial score (nSPS) is 10.8. The third-order valence-corrected chi connectivity index (χ3v) is 4.80. The number of amides is 1. The van der Waals surface area contributed by atoms with E-state index in [-0.39, 0.29) is 18.3 Å². The lowest BCUT2D eigenvalue weighted by molar-refractivity contribution is -0.136. The van der Waals surface area contributed by atoms with Crippen molar-refractivity contribution >= 4 is 29.4 Å². The number of hydrogen-bond donors (Lipinski definition) is 1. The van der Waals surface area contributed by atoms with Gasteiger partial charge in [0.05, 0.1) is 5.69 Å². The van der Waals surface area contributed by atoms with E-state index in [0.29, 0.717) is 16.8 Å². The van der Waals surface area contributed by atoms with Crippen LogP contribution in [0.3, 0.4) is 0 Å². The SMILES string of the molecule is Cc1nn(C)c(C)c1/C=C/C(=O)OCC(=O)c1ccc(NC(=O)c2ccccc2)cc1. The minimum atomic E-state index is -0.609. The summed E-state index contributed by atoms with van der Waals surface area (Å²) in [6.07, 6.45) is 2.92. The average Bonchev–Trinajstić information content (AvgIpc) is 3.02. The minimum Gasteiger partial charge on any atom is -0.454 e. The molecule has 2 aromatic carbocycles. The van der Waals surface area contributed by atoms with E-state index in [1.807, 2.05) is 27.0 Å². The lowest BCUT2D eigenvalue weighted by atomic mass is 10.1. The van der Waals surface area contributed by atoms with Crippen LogP contribution in [0.2, 0.25) is 0 Å². The van der Waals surface area contributed by atoms with E-state index in [2.05, 4.69) is 10.4 Å². The van der Waals surface area contributed by atoms with Crippen molar-refractivity contribution in [2.75, 3.05) is 11.9 Å². The van der Waals surface area contributed by atoms with E-state index in [0.717, 1.165) is 17.0 Å². The van der Waals surface area contributed by atoms with E-state index < -0.39 is 5.97 Å². The summed E-state index contributed by atoms with van der Waals surface area (Å²) >= 11 is 0. The second-order valence-corrected chi connectivity index (χ2v) is 6.97. The fourth-order valence-electron chi connectivity index (χ4n) is 2.98. The van der Waals surface area contributed by atoms with Crippen molar-refractivity contribution in [3.05, 3.63) is 88.8 Å². The summed E-state index contributed by atoms with van der Waals surface area (Å²) in [6, 6.07) is 15.2. The standard InChI is InChI=1S/C24H23N3O4/c1-16-21(17(2)27(3)26-16)13-14-23(29)31-15-22(28)18-9-11-20(12-10-18)25-24(30)19-7-5-4-6-8-19/h4-14H,15H2,1-3H3,(H,25,30)/b14-13+. The first kappa shape index (κ1) is 21.7. The number of anilines is 1. The van der Waals surface area contributed by atoms with Gasteiger partial charge in [-0.05, 0) is 56.3 Å². The van der Waals surface area contributed by atoms with E-state index >= 15 is 0 Å². The summed E-state index contributed by atoms with van der Waals surface area (Å²) in [5.41, 5.74) is 4.07. The number of carbonyl (C=O) groups excluding carboxylic acids is 3. The smallest absolute Gasteiger partial charge is 0.331 e. The highest BCUT2D eigenvalue weighted by atomic mass is 16.5. The Bertz CT molecular complexity index is 1130.